The lowest BCUT2D eigenvalue weighted by Crippen LogP contribution is -2.47. The van der Waals surface area contributed by atoms with Gasteiger partial charge in [0.15, 0.2) is 0 Å². The maximum Gasteiger partial charge on any atom is 0.377 e. The molecule has 0 saturated carbocycles. The number of halogens is 2. The number of cyclic esters (lactones) is 1. The van der Waals surface area contributed by atoms with E-state index in [9.17, 15) is 18.7 Å². The van der Waals surface area contributed by atoms with Crippen LogP contribution in [0.4, 0.5) is 8.78 Å². The highest BCUT2D eigenvalue weighted by Gasteiger charge is 2.50. The van der Waals surface area contributed by atoms with Gasteiger partial charge in [0.2, 0.25) is 0 Å². The fourth-order valence-corrected chi connectivity index (χ4v) is 2.21. The van der Waals surface area contributed by atoms with Gasteiger partial charge in [-0.15, -0.1) is 0 Å². The standard InChI is InChI=1S/C11H17F2NO4/c1-7-10(16,2-3-17-7)6-14-5-8-4-11(12,13)9(15)18-8/h7-8,14,16H,2-6H2,1H3. The zero-order chi connectivity index (χ0) is 13.4. The van der Waals surface area contributed by atoms with Gasteiger partial charge < -0.3 is 19.9 Å². The number of alkyl halides is 2. The molecule has 0 bridgehead atoms. The fourth-order valence-electron chi connectivity index (χ4n) is 2.21. The van der Waals surface area contributed by atoms with Crippen LogP contribution in [0.25, 0.3) is 0 Å². The van der Waals surface area contributed by atoms with Gasteiger partial charge in [-0.2, -0.15) is 8.78 Å². The molecule has 3 atom stereocenters. The molecule has 2 fully saturated rings. The Morgan fingerprint density at radius 2 is 2.28 bits per heavy atom. The Hall–Kier alpha value is -0.790. The molecule has 0 aromatic carbocycles. The van der Waals surface area contributed by atoms with Crippen LogP contribution in [0.3, 0.4) is 0 Å². The molecule has 2 rings (SSSR count). The number of esters is 1. The van der Waals surface area contributed by atoms with Crippen molar-refractivity contribution in [1.82, 2.24) is 5.32 Å². The second-order valence-electron chi connectivity index (χ2n) is 4.93. The van der Waals surface area contributed by atoms with E-state index in [4.69, 9.17) is 4.74 Å². The molecule has 2 heterocycles. The fraction of sp³-hybridized carbons (Fsp3) is 0.909. The number of rotatable bonds is 4. The summed E-state index contributed by atoms with van der Waals surface area (Å²) in [5.41, 5.74) is -0.981. The third-order valence-corrected chi connectivity index (χ3v) is 3.52. The van der Waals surface area contributed by atoms with Gasteiger partial charge in [-0.3, -0.25) is 0 Å². The van der Waals surface area contributed by atoms with Crippen molar-refractivity contribution in [3.63, 3.8) is 0 Å². The van der Waals surface area contributed by atoms with E-state index < -0.39 is 30.0 Å². The number of aliphatic hydroxyl groups is 1. The highest BCUT2D eigenvalue weighted by molar-refractivity contribution is 5.79. The lowest BCUT2D eigenvalue weighted by Gasteiger charge is -2.26. The minimum atomic E-state index is -3.38. The first-order valence-electron chi connectivity index (χ1n) is 5.97. The highest BCUT2D eigenvalue weighted by atomic mass is 19.3. The summed E-state index contributed by atoms with van der Waals surface area (Å²) in [6.45, 7) is 2.58. The molecule has 2 aliphatic rings. The molecule has 0 aliphatic carbocycles. The van der Waals surface area contributed by atoms with Crippen LogP contribution in [0.15, 0.2) is 0 Å². The molecule has 2 N–H and O–H groups in total. The van der Waals surface area contributed by atoms with Gasteiger partial charge >= 0.3 is 11.9 Å². The van der Waals surface area contributed by atoms with E-state index in [1.165, 1.54) is 0 Å². The minimum absolute atomic E-state index is 0.107. The maximum atomic E-state index is 12.9. The van der Waals surface area contributed by atoms with Crippen molar-refractivity contribution in [2.45, 2.75) is 43.5 Å². The van der Waals surface area contributed by atoms with Crippen molar-refractivity contribution in [2.24, 2.45) is 0 Å². The SMILES string of the molecule is CC1OCCC1(O)CNCC1CC(F)(F)C(=O)O1. The first-order valence-corrected chi connectivity index (χ1v) is 5.97. The second kappa shape index (κ2) is 4.71. The first-order chi connectivity index (χ1) is 8.33. The Bertz CT molecular complexity index is 339. The van der Waals surface area contributed by atoms with E-state index in [1.54, 1.807) is 6.92 Å². The predicted molar refractivity (Wildman–Crippen MR) is 57.3 cm³/mol. The molecule has 3 unspecified atom stereocenters. The summed E-state index contributed by atoms with van der Waals surface area (Å²) < 4.78 is 35.5. The molecular weight excluding hydrogens is 248 g/mol. The van der Waals surface area contributed by atoms with Crippen LogP contribution >= 0.6 is 0 Å². The molecule has 7 heteroatoms. The van der Waals surface area contributed by atoms with E-state index in [-0.39, 0.29) is 19.2 Å². The summed E-state index contributed by atoms with van der Waals surface area (Å²) in [6.07, 6.45) is -1.24. The van der Waals surface area contributed by atoms with Gasteiger partial charge in [0, 0.05) is 26.1 Å². The normalized spacial score (nSPS) is 39.0. The topological polar surface area (TPSA) is 67.8 Å². The Morgan fingerprint density at radius 3 is 2.78 bits per heavy atom. The number of hydrogen-bond donors (Lipinski definition) is 2. The molecule has 104 valence electrons. The molecule has 0 aromatic heterocycles. The highest BCUT2D eigenvalue weighted by Crippen LogP contribution is 2.30. The van der Waals surface area contributed by atoms with Crippen LogP contribution in [-0.2, 0) is 14.3 Å². The van der Waals surface area contributed by atoms with Crippen molar-refractivity contribution in [3.8, 4) is 0 Å². The monoisotopic (exact) mass is 265 g/mol. The van der Waals surface area contributed by atoms with E-state index in [2.05, 4.69) is 10.1 Å². The van der Waals surface area contributed by atoms with Crippen LogP contribution in [0.1, 0.15) is 19.8 Å². The van der Waals surface area contributed by atoms with E-state index in [1.807, 2.05) is 0 Å². The summed E-state index contributed by atoms with van der Waals surface area (Å²) in [6, 6.07) is 0. The molecule has 2 saturated heterocycles. The molecular formula is C11H17F2NO4. The summed E-state index contributed by atoms with van der Waals surface area (Å²) >= 11 is 0. The molecule has 18 heavy (non-hydrogen) atoms. The van der Waals surface area contributed by atoms with Crippen LogP contribution in [-0.4, -0.2) is 54.5 Å². The van der Waals surface area contributed by atoms with Gasteiger partial charge in [0.05, 0.1) is 12.5 Å². The zero-order valence-corrected chi connectivity index (χ0v) is 10.1. The molecule has 2 aliphatic heterocycles. The predicted octanol–water partition coefficient (Wildman–Crippen LogP) is 0.0667. The number of ether oxygens (including phenoxy) is 2. The molecule has 0 amide bonds. The lowest BCUT2D eigenvalue weighted by atomic mass is 9.96. The average Bonchev–Trinajstić information content (AvgIpc) is 2.70. The van der Waals surface area contributed by atoms with Crippen LogP contribution in [0.2, 0.25) is 0 Å². The maximum absolute atomic E-state index is 12.9. The third-order valence-electron chi connectivity index (χ3n) is 3.52. The second-order valence-corrected chi connectivity index (χ2v) is 4.93. The largest absolute Gasteiger partial charge is 0.456 e. The average molecular weight is 265 g/mol. The van der Waals surface area contributed by atoms with E-state index in [0.717, 1.165) is 0 Å². The minimum Gasteiger partial charge on any atom is -0.456 e. The van der Waals surface area contributed by atoms with Crippen LogP contribution in [0.5, 0.6) is 0 Å². The molecule has 0 radical (unpaired) electrons. The van der Waals surface area contributed by atoms with Crippen molar-refractivity contribution < 1.29 is 28.2 Å². The quantitative estimate of drug-likeness (QED) is 0.704. The Labute approximate surface area is 103 Å². The number of hydrogen-bond acceptors (Lipinski definition) is 5. The van der Waals surface area contributed by atoms with Gasteiger partial charge in [-0.1, -0.05) is 0 Å². The number of carbonyl (C=O) groups excluding carboxylic acids is 1. The Morgan fingerprint density at radius 1 is 1.56 bits per heavy atom. The van der Waals surface area contributed by atoms with Crippen molar-refractivity contribution in [2.75, 3.05) is 19.7 Å². The first kappa shape index (κ1) is 13.6. The Kier molecular flexibility index (Phi) is 3.57. The Balaban J connectivity index is 1.75. The summed E-state index contributed by atoms with van der Waals surface area (Å²) in [7, 11) is 0. The summed E-state index contributed by atoms with van der Waals surface area (Å²) in [5, 5.41) is 13.0. The van der Waals surface area contributed by atoms with Crippen LogP contribution < -0.4 is 5.32 Å². The van der Waals surface area contributed by atoms with Gasteiger partial charge in [-0.25, -0.2) is 4.79 Å². The zero-order valence-electron chi connectivity index (χ0n) is 10.1. The van der Waals surface area contributed by atoms with Gasteiger partial charge in [0.1, 0.15) is 11.7 Å². The van der Waals surface area contributed by atoms with Crippen molar-refractivity contribution >= 4 is 5.97 Å². The van der Waals surface area contributed by atoms with Gasteiger partial charge in [-0.05, 0) is 6.92 Å². The van der Waals surface area contributed by atoms with Crippen LogP contribution in [0, 0.1) is 0 Å². The molecule has 0 aromatic rings. The lowest BCUT2D eigenvalue weighted by molar-refractivity contribution is -0.159. The number of carbonyl (C=O) groups is 1. The van der Waals surface area contributed by atoms with Gasteiger partial charge in [0.25, 0.3) is 0 Å². The molecule has 0 spiro atoms. The third kappa shape index (κ3) is 2.62. The van der Waals surface area contributed by atoms with E-state index in [0.29, 0.717) is 13.0 Å². The van der Waals surface area contributed by atoms with Crippen molar-refractivity contribution in [3.05, 3.63) is 0 Å². The van der Waals surface area contributed by atoms with E-state index >= 15 is 0 Å². The van der Waals surface area contributed by atoms with Crippen molar-refractivity contribution in [1.29, 1.82) is 0 Å². The smallest absolute Gasteiger partial charge is 0.377 e. The summed E-state index contributed by atoms with van der Waals surface area (Å²) in [4.78, 5) is 10.8. The molecule has 5 nitrogen and oxygen atoms in total. The summed E-state index contributed by atoms with van der Waals surface area (Å²) in [5.74, 6) is -4.85. The number of nitrogens with one attached hydrogen (secondary N) is 1.